The zero-order valence-electron chi connectivity index (χ0n) is 13.1. The van der Waals surface area contributed by atoms with Crippen LogP contribution in [0.15, 0.2) is 64.9 Å². The van der Waals surface area contributed by atoms with Crippen molar-refractivity contribution in [1.29, 1.82) is 0 Å². The number of nitrogens with two attached hydrogens (primary N) is 1. The number of hydrogen-bond donors (Lipinski definition) is 1. The molecule has 0 aliphatic heterocycles. The molecule has 3 rings (SSSR count). The van der Waals surface area contributed by atoms with E-state index < -0.39 is 10.0 Å². The van der Waals surface area contributed by atoms with Crippen LogP contribution in [-0.4, -0.2) is 8.42 Å². The van der Waals surface area contributed by atoms with E-state index in [1.54, 1.807) is 6.08 Å². The Balaban J connectivity index is 2.04. The first-order chi connectivity index (χ1) is 11.4. The lowest BCUT2D eigenvalue weighted by molar-refractivity contribution is 0.599. The highest BCUT2D eigenvalue weighted by molar-refractivity contribution is 7.91. The molecular formula is C19H17NO2S2. The smallest absolute Gasteiger partial charge is 0.224 e. The Hall–Kier alpha value is -2.21. The first kappa shape index (κ1) is 16.6. The fourth-order valence-electron chi connectivity index (χ4n) is 2.34. The largest absolute Gasteiger partial charge is 0.248 e. The van der Waals surface area contributed by atoms with Crippen molar-refractivity contribution in [3.05, 3.63) is 77.4 Å². The predicted molar refractivity (Wildman–Crippen MR) is 101 cm³/mol. The van der Waals surface area contributed by atoms with Gasteiger partial charge in [0.15, 0.2) is 0 Å². The predicted octanol–water partition coefficient (Wildman–Crippen LogP) is 4.54. The van der Waals surface area contributed by atoms with Gasteiger partial charge >= 0.3 is 0 Å². The quantitative estimate of drug-likeness (QED) is 0.747. The Morgan fingerprint density at radius 2 is 1.62 bits per heavy atom. The van der Waals surface area contributed by atoms with E-state index in [2.05, 4.69) is 0 Å². The van der Waals surface area contributed by atoms with Crippen molar-refractivity contribution < 1.29 is 8.42 Å². The van der Waals surface area contributed by atoms with Crippen LogP contribution >= 0.6 is 11.3 Å². The van der Waals surface area contributed by atoms with Gasteiger partial charge in [0.25, 0.3) is 0 Å². The van der Waals surface area contributed by atoms with Crippen LogP contribution in [0.2, 0.25) is 0 Å². The maximum Gasteiger partial charge on any atom is 0.248 e. The highest BCUT2D eigenvalue weighted by atomic mass is 32.2. The van der Waals surface area contributed by atoms with Crippen LogP contribution in [0.5, 0.6) is 0 Å². The number of hydrogen-bond acceptors (Lipinski definition) is 3. The average molecular weight is 355 g/mol. The molecule has 0 amide bonds. The fourth-order valence-corrected chi connectivity index (χ4v) is 4.41. The van der Waals surface area contributed by atoms with E-state index in [4.69, 9.17) is 5.14 Å². The number of aryl methyl sites for hydroxylation is 1. The molecule has 2 N–H and O–H groups in total. The molecule has 0 bridgehead atoms. The summed E-state index contributed by atoms with van der Waals surface area (Å²) in [7, 11) is -3.77. The number of sulfonamides is 1. The van der Waals surface area contributed by atoms with E-state index in [9.17, 15) is 8.42 Å². The second-order valence-electron chi connectivity index (χ2n) is 5.51. The van der Waals surface area contributed by atoms with Gasteiger partial charge < -0.3 is 0 Å². The molecule has 1 aromatic heterocycles. The van der Waals surface area contributed by atoms with Gasteiger partial charge in [-0.3, -0.25) is 0 Å². The standard InChI is InChI=1S/C19H17NO2S2/c1-14-7-10-16(11-8-14)18-13-17(19(23-18)24(20,21)22)12-9-15-5-3-2-4-6-15/h2-13H,1H3,(H2,20,21,22). The third kappa shape index (κ3) is 3.82. The Kier molecular flexibility index (Phi) is 4.66. The minimum Gasteiger partial charge on any atom is -0.224 e. The van der Waals surface area contributed by atoms with Crippen molar-refractivity contribution in [3.8, 4) is 10.4 Å². The van der Waals surface area contributed by atoms with Crippen LogP contribution in [0.25, 0.3) is 22.6 Å². The highest BCUT2D eigenvalue weighted by Crippen LogP contribution is 2.35. The number of benzene rings is 2. The van der Waals surface area contributed by atoms with Crippen molar-refractivity contribution >= 4 is 33.5 Å². The summed E-state index contributed by atoms with van der Waals surface area (Å²) in [6, 6.07) is 19.6. The van der Waals surface area contributed by atoms with Crippen LogP contribution in [0, 0.1) is 6.92 Å². The van der Waals surface area contributed by atoms with Crippen molar-refractivity contribution in [3.63, 3.8) is 0 Å². The molecule has 0 radical (unpaired) electrons. The SMILES string of the molecule is Cc1ccc(-c2cc(C=Cc3ccccc3)c(S(N)(=O)=O)s2)cc1. The molecule has 0 aliphatic carbocycles. The molecule has 122 valence electrons. The number of thiophene rings is 1. The van der Waals surface area contributed by atoms with E-state index >= 15 is 0 Å². The average Bonchev–Trinajstić information content (AvgIpc) is 2.99. The Bertz CT molecular complexity index is 970. The molecule has 0 unspecified atom stereocenters. The summed E-state index contributed by atoms with van der Waals surface area (Å²) in [6.45, 7) is 2.02. The lowest BCUT2D eigenvalue weighted by Crippen LogP contribution is -2.11. The van der Waals surface area contributed by atoms with E-state index in [1.807, 2.05) is 73.7 Å². The van der Waals surface area contributed by atoms with Crippen LogP contribution < -0.4 is 5.14 Å². The van der Waals surface area contributed by atoms with Crippen LogP contribution in [0.3, 0.4) is 0 Å². The Morgan fingerprint density at radius 3 is 2.25 bits per heavy atom. The van der Waals surface area contributed by atoms with Crippen LogP contribution in [0.4, 0.5) is 0 Å². The first-order valence-electron chi connectivity index (χ1n) is 7.40. The molecule has 0 saturated heterocycles. The molecule has 3 nitrogen and oxygen atoms in total. The minimum absolute atomic E-state index is 0.185. The summed E-state index contributed by atoms with van der Waals surface area (Å²) < 4.78 is 24.0. The molecule has 5 heteroatoms. The molecular weight excluding hydrogens is 338 g/mol. The van der Waals surface area contributed by atoms with Gasteiger partial charge in [0.05, 0.1) is 0 Å². The molecule has 1 heterocycles. The molecule has 0 saturated carbocycles. The van der Waals surface area contributed by atoms with Gasteiger partial charge in [-0.2, -0.15) is 0 Å². The van der Waals surface area contributed by atoms with Crippen molar-refractivity contribution in [2.75, 3.05) is 0 Å². The van der Waals surface area contributed by atoms with Gasteiger partial charge in [-0.05, 0) is 24.1 Å². The molecule has 3 aromatic rings. The lowest BCUT2D eigenvalue weighted by atomic mass is 10.1. The van der Waals surface area contributed by atoms with E-state index in [-0.39, 0.29) is 4.21 Å². The van der Waals surface area contributed by atoms with Gasteiger partial charge in [-0.25, -0.2) is 13.6 Å². The summed E-state index contributed by atoms with van der Waals surface area (Å²) in [5.74, 6) is 0. The second kappa shape index (κ2) is 6.73. The molecule has 0 aliphatic rings. The molecule has 0 spiro atoms. The van der Waals surface area contributed by atoms with E-state index in [0.29, 0.717) is 5.56 Å². The lowest BCUT2D eigenvalue weighted by Gasteiger charge is -1.97. The van der Waals surface area contributed by atoms with Gasteiger partial charge in [0, 0.05) is 10.4 Å². The summed E-state index contributed by atoms with van der Waals surface area (Å²) in [5, 5.41) is 5.39. The normalized spacial score (nSPS) is 11.9. The number of rotatable bonds is 4. The maximum atomic E-state index is 11.9. The van der Waals surface area contributed by atoms with Gasteiger partial charge in [0.2, 0.25) is 10.0 Å². The molecule has 0 atom stereocenters. The van der Waals surface area contributed by atoms with Gasteiger partial charge in [-0.15, -0.1) is 11.3 Å². The van der Waals surface area contributed by atoms with Crippen LogP contribution in [-0.2, 0) is 10.0 Å². The Morgan fingerprint density at radius 1 is 0.958 bits per heavy atom. The topological polar surface area (TPSA) is 60.2 Å². The zero-order valence-corrected chi connectivity index (χ0v) is 14.8. The van der Waals surface area contributed by atoms with Gasteiger partial charge in [0.1, 0.15) is 4.21 Å². The van der Waals surface area contributed by atoms with E-state index in [0.717, 1.165) is 21.6 Å². The number of primary sulfonamides is 1. The summed E-state index contributed by atoms with van der Waals surface area (Å²) in [6.07, 6.45) is 3.68. The van der Waals surface area contributed by atoms with Crippen LogP contribution in [0.1, 0.15) is 16.7 Å². The molecule has 2 aromatic carbocycles. The highest BCUT2D eigenvalue weighted by Gasteiger charge is 2.18. The third-order valence-electron chi connectivity index (χ3n) is 3.57. The summed E-state index contributed by atoms with van der Waals surface area (Å²) in [4.78, 5) is 0.881. The second-order valence-corrected chi connectivity index (χ2v) is 8.32. The summed E-state index contributed by atoms with van der Waals surface area (Å²) >= 11 is 1.20. The Labute approximate surface area is 146 Å². The fraction of sp³-hybridized carbons (Fsp3) is 0.0526. The molecule has 24 heavy (non-hydrogen) atoms. The first-order valence-corrected chi connectivity index (χ1v) is 9.76. The minimum atomic E-state index is -3.77. The van der Waals surface area contributed by atoms with Crippen molar-refractivity contribution in [2.45, 2.75) is 11.1 Å². The van der Waals surface area contributed by atoms with E-state index in [1.165, 1.54) is 11.3 Å². The van der Waals surface area contributed by atoms with Crippen molar-refractivity contribution in [2.24, 2.45) is 5.14 Å². The van der Waals surface area contributed by atoms with Gasteiger partial charge in [-0.1, -0.05) is 72.3 Å². The monoisotopic (exact) mass is 355 g/mol. The van der Waals surface area contributed by atoms with Crippen molar-refractivity contribution in [1.82, 2.24) is 0 Å². The third-order valence-corrected chi connectivity index (χ3v) is 6.27. The molecule has 0 fully saturated rings. The summed E-state index contributed by atoms with van der Waals surface area (Å²) in [5.41, 5.74) is 3.75. The maximum absolute atomic E-state index is 11.9. The zero-order chi connectivity index (χ0) is 17.2.